The predicted octanol–water partition coefficient (Wildman–Crippen LogP) is 13.8. The average molecular weight is 686 g/mol. The summed E-state index contributed by atoms with van der Waals surface area (Å²) in [5.74, 6) is -0.228. The second-order valence-corrected chi connectivity index (χ2v) is 20.7. The molecule has 1 heterocycles. The molecule has 0 unspecified atom stereocenters. The van der Waals surface area contributed by atoms with Crippen molar-refractivity contribution in [3.63, 3.8) is 0 Å². The standard InChI is InChI=1S/C42H76N3O2P/c1-6-10-14-18-22-28-34-48(35-29-23-19-15-11-7-2,36-30-24-20-16-12-8-3,37-31-25-21-17-13-9-4)47-42(46)41-40(43-45-44-41)39-33-27-26-32-38(39)5/h26-27,32-33H,6-25,28-31,34-37H2,1-5H3,(H,43,44,45). The van der Waals surface area contributed by atoms with Gasteiger partial charge in [-0.1, -0.05) is 0 Å². The zero-order valence-electron chi connectivity index (χ0n) is 32.3. The Kier molecular flexibility index (Phi) is 22.3. The monoisotopic (exact) mass is 686 g/mol. The van der Waals surface area contributed by atoms with Crippen LogP contribution in [0.3, 0.4) is 0 Å². The van der Waals surface area contributed by atoms with Crippen LogP contribution in [0.25, 0.3) is 11.3 Å². The van der Waals surface area contributed by atoms with Gasteiger partial charge in [-0.2, -0.15) is 0 Å². The van der Waals surface area contributed by atoms with Crippen LogP contribution in [-0.4, -0.2) is 46.0 Å². The summed E-state index contributed by atoms with van der Waals surface area (Å²) in [4.78, 5) is 14.6. The molecular formula is C42H76N3O2P. The number of aromatic nitrogens is 3. The van der Waals surface area contributed by atoms with Gasteiger partial charge in [-0.15, -0.1) is 0 Å². The third-order valence-electron chi connectivity index (χ3n) is 10.8. The van der Waals surface area contributed by atoms with E-state index in [9.17, 15) is 4.79 Å². The van der Waals surface area contributed by atoms with Gasteiger partial charge in [0.05, 0.1) is 0 Å². The van der Waals surface area contributed by atoms with Crippen molar-refractivity contribution in [1.29, 1.82) is 0 Å². The van der Waals surface area contributed by atoms with Gasteiger partial charge in [0.25, 0.3) is 0 Å². The number of rotatable bonds is 31. The van der Waals surface area contributed by atoms with E-state index in [4.69, 9.17) is 4.52 Å². The number of aromatic amines is 1. The number of aryl methyl sites for hydroxylation is 1. The minimum absolute atomic E-state index is 0.228. The molecule has 276 valence electrons. The summed E-state index contributed by atoms with van der Waals surface area (Å²) in [6.45, 7) is 8.33. The topological polar surface area (TPSA) is 67.9 Å². The third kappa shape index (κ3) is 15.4. The molecule has 0 atom stereocenters. The fourth-order valence-corrected chi connectivity index (χ4v) is 14.1. The molecule has 1 aromatic heterocycles. The molecule has 2 aromatic rings. The van der Waals surface area contributed by atoms with Gasteiger partial charge >= 0.3 is 298 Å². The molecule has 0 saturated heterocycles. The zero-order valence-corrected chi connectivity index (χ0v) is 33.2. The van der Waals surface area contributed by atoms with Crippen molar-refractivity contribution in [2.75, 3.05) is 24.6 Å². The van der Waals surface area contributed by atoms with Crippen LogP contribution in [-0.2, 0) is 4.52 Å². The summed E-state index contributed by atoms with van der Waals surface area (Å²) >= 11 is 0. The Bertz CT molecular complexity index is 1020. The first-order valence-corrected chi connectivity index (χ1v) is 23.6. The van der Waals surface area contributed by atoms with E-state index in [0.29, 0.717) is 11.4 Å². The predicted molar refractivity (Wildman–Crippen MR) is 212 cm³/mol. The van der Waals surface area contributed by atoms with E-state index in [2.05, 4.69) is 56.1 Å². The SMILES string of the molecule is CCCCCCCCP(CCCCCCCC)(CCCCCCCC)(CCCCCCCC)OC(=O)c1n[nH]nc1-c1ccccc1C. The molecule has 0 saturated carbocycles. The summed E-state index contributed by atoms with van der Waals surface area (Å²) in [6, 6.07) is 8.17. The normalized spacial score (nSPS) is 12.6. The quantitative estimate of drug-likeness (QED) is 0.0633. The molecule has 0 aliphatic carbocycles. The molecule has 1 N–H and O–H groups in total. The Morgan fingerprint density at radius 3 is 1.33 bits per heavy atom. The van der Waals surface area contributed by atoms with Crippen LogP contribution < -0.4 is 0 Å². The van der Waals surface area contributed by atoms with E-state index in [0.717, 1.165) is 35.8 Å². The first-order chi connectivity index (χ1) is 23.4. The van der Waals surface area contributed by atoms with Gasteiger partial charge in [0.15, 0.2) is 0 Å². The van der Waals surface area contributed by atoms with Crippen molar-refractivity contribution < 1.29 is 9.32 Å². The first-order valence-electron chi connectivity index (χ1n) is 20.7. The van der Waals surface area contributed by atoms with E-state index >= 15 is 0 Å². The van der Waals surface area contributed by atoms with Crippen molar-refractivity contribution in [2.45, 2.75) is 189 Å². The Morgan fingerprint density at radius 2 is 0.938 bits per heavy atom. The van der Waals surface area contributed by atoms with E-state index < -0.39 is 6.83 Å². The van der Waals surface area contributed by atoms with Crippen LogP contribution in [0.2, 0.25) is 0 Å². The van der Waals surface area contributed by atoms with E-state index in [1.54, 1.807) is 0 Å². The molecule has 0 fully saturated rings. The first kappa shape index (κ1) is 42.4. The second-order valence-electron chi connectivity index (χ2n) is 15.0. The summed E-state index contributed by atoms with van der Waals surface area (Å²) in [5.41, 5.74) is 3.05. The molecule has 0 aliphatic heterocycles. The van der Waals surface area contributed by atoms with Gasteiger partial charge in [-0.05, 0) is 0 Å². The van der Waals surface area contributed by atoms with Gasteiger partial charge in [0.1, 0.15) is 0 Å². The molecule has 1 aromatic carbocycles. The van der Waals surface area contributed by atoms with Gasteiger partial charge < -0.3 is 0 Å². The van der Waals surface area contributed by atoms with Crippen LogP contribution in [0.15, 0.2) is 24.3 Å². The zero-order chi connectivity index (χ0) is 34.8. The number of unbranched alkanes of at least 4 members (excludes halogenated alkanes) is 20. The molecular weight excluding hydrogens is 609 g/mol. The number of hydrogen-bond acceptors (Lipinski definition) is 4. The van der Waals surface area contributed by atoms with Crippen LogP contribution in [0.1, 0.15) is 198 Å². The maximum absolute atomic E-state index is 14.6. The van der Waals surface area contributed by atoms with E-state index in [-0.39, 0.29) is 5.97 Å². The third-order valence-corrected chi connectivity index (χ3v) is 17.3. The summed E-state index contributed by atoms with van der Waals surface area (Å²) < 4.78 is 7.35. The van der Waals surface area contributed by atoms with Crippen molar-refractivity contribution in [3.8, 4) is 11.3 Å². The van der Waals surface area contributed by atoms with Crippen molar-refractivity contribution >= 4 is 12.8 Å². The Balaban J connectivity index is 2.49. The van der Waals surface area contributed by atoms with E-state index in [1.165, 1.54) is 154 Å². The number of nitrogens with one attached hydrogen (secondary N) is 1. The number of nitrogens with zero attached hydrogens (tertiary/aromatic N) is 2. The number of carbonyl (C=O) groups excluding carboxylic acids is 1. The molecule has 2 rings (SSSR count). The molecule has 6 heteroatoms. The molecule has 48 heavy (non-hydrogen) atoms. The molecule has 5 nitrogen and oxygen atoms in total. The van der Waals surface area contributed by atoms with Crippen LogP contribution in [0.5, 0.6) is 0 Å². The van der Waals surface area contributed by atoms with Gasteiger partial charge in [0, 0.05) is 0 Å². The minimum atomic E-state index is -2.93. The molecule has 0 bridgehead atoms. The molecule has 0 amide bonds. The summed E-state index contributed by atoms with van der Waals surface area (Å²) in [6.07, 6.45) is 34.9. The molecule has 0 spiro atoms. The van der Waals surface area contributed by atoms with Gasteiger partial charge in [-0.25, -0.2) is 0 Å². The van der Waals surface area contributed by atoms with Crippen LogP contribution in [0, 0.1) is 6.92 Å². The Morgan fingerprint density at radius 1 is 0.562 bits per heavy atom. The Labute approximate surface area is 297 Å². The van der Waals surface area contributed by atoms with Crippen LogP contribution >= 0.6 is 6.83 Å². The van der Waals surface area contributed by atoms with Crippen molar-refractivity contribution in [2.24, 2.45) is 0 Å². The van der Waals surface area contributed by atoms with E-state index in [1.807, 2.05) is 18.2 Å². The summed E-state index contributed by atoms with van der Waals surface area (Å²) in [7, 11) is 0. The molecule has 0 radical (unpaired) electrons. The number of benzene rings is 1. The number of H-pyrrole nitrogens is 1. The number of carbonyl (C=O) groups is 1. The van der Waals surface area contributed by atoms with Gasteiger partial charge in [-0.3, -0.25) is 0 Å². The number of hydrogen-bond donors (Lipinski definition) is 1. The van der Waals surface area contributed by atoms with Crippen molar-refractivity contribution in [3.05, 3.63) is 35.5 Å². The Hall–Kier alpha value is -1.74. The van der Waals surface area contributed by atoms with Crippen LogP contribution in [0.4, 0.5) is 0 Å². The second kappa shape index (κ2) is 25.2. The molecule has 0 aliphatic rings. The van der Waals surface area contributed by atoms with Crippen molar-refractivity contribution in [1.82, 2.24) is 15.4 Å². The maximum atomic E-state index is 14.6. The fraction of sp³-hybridized carbons (Fsp3) is 0.786. The average Bonchev–Trinajstić information content (AvgIpc) is 3.58. The summed E-state index contributed by atoms with van der Waals surface area (Å²) in [5, 5.41) is 11.8. The van der Waals surface area contributed by atoms with Gasteiger partial charge in [0.2, 0.25) is 0 Å². The fourth-order valence-electron chi connectivity index (χ4n) is 7.70.